The number of halogens is 1. The summed E-state index contributed by atoms with van der Waals surface area (Å²) in [4.78, 5) is 24.3. The van der Waals surface area contributed by atoms with Gasteiger partial charge in [-0.1, -0.05) is 35.9 Å². The summed E-state index contributed by atoms with van der Waals surface area (Å²) in [6.07, 6.45) is 2.78. The standard InChI is InChI=1S/C16H13ClO5/c1-20-14(18)12-11-7-8-16(22-11,13(12)15(19)21-2)9-5-3-4-6-10(9)17/h3-8,11H,1-2H3/t11-,16-/m1/s1. The van der Waals surface area contributed by atoms with Crippen LogP contribution < -0.4 is 0 Å². The van der Waals surface area contributed by atoms with Crippen LogP contribution in [-0.2, 0) is 29.4 Å². The Balaban J connectivity index is 2.25. The molecule has 0 amide bonds. The summed E-state index contributed by atoms with van der Waals surface area (Å²) in [5.74, 6) is -1.27. The number of hydrogen-bond donors (Lipinski definition) is 0. The SMILES string of the molecule is COC(=O)C1=C(C(=O)OC)[C@]2(c3ccccc3Cl)C=C[C@H]1O2. The molecule has 0 radical (unpaired) electrons. The first-order chi connectivity index (χ1) is 10.5. The molecule has 114 valence electrons. The number of fused-ring (bicyclic) bond motifs is 2. The number of methoxy groups -OCH3 is 2. The Labute approximate surface area is 132 Å². The minimum absolute atomic E-state index is 0.113. The van der Waals surface area contributed by atoms with Gasteiger partial charge in [-0.15, -0.1) is 0 Å². The van der Waals surface area contributed by atoms with Gasteiger partial charge in [-0.05, 0) is 12.1 Å². The van der Waals surface area contributed by atoms with Crippen LogP contribution in [0, 0.1) is 0 Å². The summed E-state index contributed by atoms with van der Waals surface area (Å²) in [5, 5.41) is 0.431. The molecule has 5 nitrogen and oxygen atoms in total. The van der Waals surface area contributed by atoms with Crippen molar-refractivity contribution >= 4 is 23.5 Å². The molecule has 0 fully saturated rings. The van der Waals surface area contributed by atoms with Gasteiger partial charge in [-0.3, -0.25) is 0 Å². The number of carbonyl (C=O) groups is 2. The van der Waals surface area contributed by atoms with Crippen molar-refractivity contribution in [2.24, 2.45) is 0 Å². The van der Waals surface area contributed by atoms with Crippen LogP contribution in [0.25, 0.3) is 0 Å². The Morgan fingerprint density at radius 1 is 1.18 bits per heavy atom. The topological polar surface area (TPSA) is 61.8 Å². The molecule has 1 aromatic carbocycles. The molecule has 0 unspecified atom stereocenters. The van der Waals surface area contributed by atoms with Crippen LogP contribution >= 0.6 is 11.6 Å². The maximum atomic E-state index is 12.3. The molecular weight excluding hydrogens is 308 g/mol. The predicted molar refractivity (Wildman–Crippen MR) is 78.2 cm³/mol. The summed E-state index contributed by atoms with van der Waals surface area (Å²) >= 11 is 6.26. The van der Waals surface area contributed by atoms with Gasteiger partial charge >= 0.3 is 11.9 Å². The third-order valence-electron chi connectivity index (χ3n) is 3.81. The van der Waals surface area contributed by atoms with Gasteiger partial charge in [-0.2, -0.15) is 0 Å². The first-order valence-corrected chi connectivity index (χ1v) is 6.96. The molecular formula is C16H13ClO5. The highest BCUT2D eigenvalue weighted by Crippen LogP contribution is 2.51. The van der Waals surface area contributed by atoms with E-state index < -0.39 is 23.6 Å². The van der Waals surface area contributed by atoms with Gasteiger partial charge < -0.3 is 14.2 Å². The molecule has 0 N–H and O–H groups in total. The number of ether oxygens (including phenoxy) is 3. The van der Waals surface area contributed by atoms with Crippen molar-refractivity contribution in [3.63, 3.8) is 0 Å². The lowest BCUT2D eigenvalue weighted by Crippen LogP contribution is -2.30. The second kappa shape index (κ2) is 5.26. The molecule has 2 aliphatic heterocycles. The Hall–Kier alpha value is -2.11. The molecule has 0 saturated heterocycles. The van der Waals surface area contributed by atoms with Crippen LogP contribution in [0.3, 0.4) is 0 Å². The van der Waals surface area contributed by atoms with Crippen LogP contribution in [0.4, 0.5) is 0 Å². The zero-order valence-corrected chi connectivity index (χ0v) is 12.7. The van der Waals surface area contributed by atoms with Gasteiger partial charge in [0.15, 0.2) is 0 Å². The van der Waals surface area contributed by atoms with Crippen molar-refractivity contribution in [3.05, 3.63) is 58.1 Å². The van der Waals surface area contributed by atoms with Crippen LogP contribution in [0.1, 0.15) is 5.56 Å². The zero-order chi connectivity index (χ0) is 15.9. The van der Waals surface area contributed by atoms with Crippen molar-refractivity contribution in [1.29, 1.82) is 0 Å². The van der Waals surface area contributed by atoms with Crippen molar-refractivity contribution in [1.82, 2.24) is 0 Å². The lowest BCUT2D eigenvalue weighted by molar-refractivity contribution is -0.139. The minimum atomic E-state index is -1.22. The van der Waals surface area contributed by atoms with E-state index in [2.05, 4.69) is 0 Å². The second-order valence-electron chi connectivity index (χ2n) is 4.88. The van der Waals surface area contributed by atoms with E-state index in [0.717, 1.165) is 0 Å². The maximum Gasteiger partial charge on any atom is 0.338 e. The van der Waals surface area contributed by atoms with E-state index in [1.165, 1.54) is 14.2 Å². The average molecular weight is 321 g/mol. The Morgan fingerprint density at radius 3 is 2.50 bits per heavy atom. The molecule has 0 aromatic heterocycles. The molecule has 3 rings (SSSR count). The molecule has 22 heavy (non-hydrogen) atoms. The third-order valence-corrected chi connectivity index (χ3v) is 4.14. The fourth-order valence-corrected chi connectivity index (χ4v) is 3.16. The average Bonchev–Trinajstić information content (AvgIpc) is 3.10. The van der Waals surface area contributed by atoms with Crippen molar-refractivity contribution in [2.45, 2.75) is 11.7 Å². The Morgan fingerprint density at radius 2 is 1.86 bits per heavy atom. The third kappa shape index (κ3) is 1.90. The fraction of sp³-hybridized carbons (Fsp3) is 0.250. The first kappa shape index (κ1) is 14.8. The van der Waals surface area contributed by atoms with E-state index >= 15 is 0 Å². The van der Waals surface area contributed by atoms with Gasteiger partial charge in [-0.25, -0.2) is 9.59 Å². The monoisotopic (exact) mass is 320 g/mol. The number of hydrogen-bond acceptors (Lipinski definition) is 5. The van der Waals surface area contributed by atoms with E-state index in [9.17, 15) is 9.59 Å². The molecule has 2 aliphatic rings. The lowest BCUT2D eigenvalue weighted by Gasteiger charge is -2.26. The Kier molecular flexibility index (Phi) is 3.54. The summed E-state index contributed by atoms with van der Waals surface area (Å²) in [7, 11) is 2.50. The van der Waals surface area contributed by atoms with E-state index in [1.807, 2.05) is 0 Å². The molecule has 1 aromatic rings. The van der Waals surface area contributed by atoms with Gasteiger partial charge in [0.1, 0.15) is 11.7 Å². The smallest absolute Gasteiger partial charge is 0.338 e. The molecule has 2 heterocycles. The van der Waals surface area contributed by atoms with Crippen molar-refractivity contribution in [3.8, 4) is 0 Å². The van der Waals surface area contributed by atoms with Crippen LogP contribution in [0.5, 0.6) is 0 Å². The highest BCUT2D eigenvalue weighted by molar-refractivity contribution is 6.31. The minimum Gasteiger partial charge on any atom is -0.466 e. The highest BCUT2D eigenvalue weighted by atomic mass is 35.5. The Bertz CT molecular complexity index is 721. The number of esters is 2. The van der Waals surface area contributed by atoms with E-state index in [4.69, 9.17) is 25.8 Å². The first-order valence-electron chi connectivity index (χ1n) is 6.58. The maximum absolute atomic E-state index is 12.3. The van der Waals surface area contributed by atoms with Crippen LogP contribution in [-0.4, -0.2) is 32.3 Å². The molecule has 6 heteroatoms. The van der Waals surface area contributed by atoms with E-state index in [0.29, 0.717) is 10.6 Å². The summed E-state index contributed by atoms with van der Waals surface area (Å²) in [6.45, 7) is 0. The highest BCUT2D eigenvalue weighted by Gasteiger charge is 2.56. The van der Waals surface area contributed by atoms with Gasteiger partial charge in [0.2, 0.25) is 0 Å². The van der Waals surface area contributed by atoms with Gasteiger partial charge in [0.25, 0.3) is 0 Å². The van der Waals surface area contributed by atoms with Crippen molar-refractivity contribution < 1.29 is 23.8 Å². The number of benzene rings is 1. The zero-order valence-electron chi connectivity index (χ0n) is 12.0. The number of rotatable bonds is 3. The molecule has 2 atom stereocenters. The van der Waals surface area contributed by atoms with Crippen molar-refractivity contribution in [2.75, 3.05) is 14.2 Å². The fourth-order valence-electron chi connectivity index (χ4n) is 2.88. The van der Waals surface area contributed by atoms with Gasteiger partial charge in [0, 0.05) is 10.6 Å². The summed E-state index contributed by atoms with van der Waals surface area (Å²) < 4.78 is 15.5. The predicted octanol–water partition coefficient (Wildman–Crippen LogP) is 2.15. The van der Waals surface area contributed by atoms with Crippen LogP contribution in [0.2, 0.25) is 5.02 Å². The molecule has 0 saturated carbocycles. The van der Waals surface area contributed by atoms with Crippen LogP contribution in [0.15, 0.2) is 47.6 Å². The normalized spacial score (nSPS) is 25.5. The molecule has 2 bridgehead atoms. The number of carbonyl (C=O) groups excluding carboxylic acids is 2. The van der Waals surface area contributed by atoms with Gasteiger partial charge in [0.05, 0.1) is 25.4 Å². The largest absolute Gasteiger partial charge is 0.466 e. The molecule has 0 spiro atoms. The summed E-state index contributed by atoms with van der Waals surface area (Å²) in [6, 6.07) is 7.00. The lowest BCUT2D eigenvalue weighted by atomic mass is 9.81. The molecule has 0 aliphatic carbocycles. The quantitative estimate of drug-likeness (QED) is 0.631. The summed E-state index contributed by atoms with van der Waals surface area (Å²) in [5.41, 5.74) is -0.381. The van der Waals surface area contributed by atoms with E-state index in [-0.39, 0.29) is 11.1 Å². The van der Waals surface area contributed by atoms with E-state index in [1.54, 1.807) is 36.4 Å². The second-order valence-corrected chi connectivity index (χ2v) is 5.29.